The fraction of sp³-hybridized carbons (Fsp3) is 0.548. The Kier molecular flexibility index (Phi) is 6.71. The summed E-state index contributed by atoms with van der Waals surface area (Å²) in [5, 5.41) is 3.53. The van der Waals surface area contributed by atoms with Crippen molar-refractivity contribution in [3.8, 4) is 0 Å². The van der Waals surface area contributed by atoms with Crippen molar-refractivity contribution in [3.05, 3.63) is 71.8 Å². The zero-order valence-electron chi connectivity index (χ0n) is 22.5. The number of rotatable bonds is 5. The molecule has 5 rings (SSSR count). The predicted molar refractivity (Wildman–Crippen MR) is 147 cm³/mol. The largest absolute Gasteiger partial charge is 0.325 e. The molecule has 2 heterocycles. The van der Waals surface area contributed by atoms with Crippen LogP contribution in [0.1, 0.15) is 83.8 Å². The van der Waals surface area contributed by atoms with Crippen LogP contribution >= 0.6 is 0 Å². The van der Waals surface area contributed by atoms with Crippen molar-refractivity contribution in [2.75, 3.05) is 0 Å². The molecule has 0 atom stereocenters. The molecule has 5 nitrogen and oxygen atoms in total. The van der Waals surface area contributed by atoms with Crippen LogP contribution in [-0.4, -0.2) is 44.3 Å². The van der Waals surface area contributed by atoms with Gasteiger partial charge in [-0.15, -0.1) is 0 Å². The maximum absolute atomic E-state index is 13.7. The van der Waals surface area contributed by atoms with Gasteiger partial charge in [0, 0.05) is 23.7 Å². The Morgan fingerprint density at radius 1 is 0.833 bits per heavy atom. The van der Waals surface area contributed by atoms with E-state index in [1.807, 2.05) is 6.07 Å². The number of amides is 2. The Labute approximate surface area is 217 Å². The summed E-state index contributed by atoms with van der Waals surface area (Å²) in [5.41, 5.74) is 1.81. The predicted octanol–water partition coefficient (Wildman–Crippen LogP) is 6.54. The first-order valence-electron chi connectivity index (χ1n) is 13.7. The van der Waals surface area contributed by atoms with Gasteiger partial charge in [-0.3, -0.25) is 14.8 Å². The lowest BCUT2D eigenvalue weighted by Crippen LogP contribution is -2.69. The van der Waals surface area contributed by atoms with Crippen molar-refractivity contribution in [2.45, 2.75) is 108 Å². The van der Waals surface area contributed by atoms with E-state index in [0.29, 0.717) is 6.54 Å². The van der Waals surface area contributed by atoms with Gasteiger partial charge in [-0.2, -0.15) is 0 Å². The van der Waals surface area contributed by atoms with Crippen molar-refractivity contribution in [3.63, 3.8) is 0 Å². The van der Waals surface area contributed by atoms with Crippen LogP contribution in [0.25, 0.3) is 0 Å². The second-order valence-corrected chi connectivity index (χ2v) is 12.3. The van der Waals surface area contributed by atoms with Gasteiger partial charge in [0.1, 0.15) is 11.4 Å². The van der Waals surface area contributed by atoms with E-state index in [9.17, 15) is 4.79 Å². The zero-order chi connectivity index (χ0) is 25.4. The van der Waals surface area contributed by atoms with Crippen molar-refractivity contribution >= 4 is 11.9 Å². The zero-order valence-corrected chi connectivity index (χ0v) is 22.5. The summed E-state index contributed by atoms with van der Waals surface area (Å²) in [7, 11) is 0. The average Bonchev–Trinajstić information content (AvgIpc) is 3.10. The highest BCUT2D eigenvalue weighted by Gasteiger charge is 2.60. The van der Waals surface area contributed by atoms with E-state index >= 15 is 0 Å². The molecule has 1 aliphatic carbocycles. The molecule has 2 aromatic rings. The summed E-state index contributed by atoms with van der Waals surface area (Å²) >= 11 is 0. The minimum Gasteiger partial charge on any atom is -0.325 e. The second kappa shape index (κ2) is 9.66. The lowest BCUT2D eigenvalue weighted by atomic mass is 9.68. The Morgan fingerprint density at radius 3 is 1.97 bits per heavy atom. The molecule has 2 aliphatic heterocycles. The van der Waals surface area contributed by atoms with Crippen molar-refractivity contribution < 1.29 is 4.79 Å². The first-order valence-corrected chi connectivity index (χ1v) is 13.7. The van der Waals surface area contributed by atoms with Crippen molar-refractivity contribution in [2.24, 2.45) is 4.99 Å². The minimum absolute atomic E-state index is 0.0526. The molecule has 1 saturated carbocycles. The van der Waals surface area contributed by atoms with E-state index in [4.69, 9.17) is 4.99 Å². The Morgan fingerprint density at radius 2 is 1.39 bits per heavy atom. The average molecular weight is 487 g/mol. The molecule has 1 spiro atoms. The molecule has 0 radical (unpaired) electrons. The van der Waals surface area contributed by atoms with Crippen LogP contribution in [0.15, 0.2) is 65.7 Å². The van der Waals surface area contributed by atoms with Crippen LogP contribution in [0.5, 0.6) is 0 Å². The molecule has 0 unspecified atom stereocenters. The molecule has 0 bridgehead atoms. The van der Waals surface area contributed by atoms with E-state index < -0.39 is 5.54 Å². The Bertz CT molecular complexity index is 1070. The fourth-order valence-electron chi connectivity index (χ4n) is 7.29. The van der Waals surface area contributed by atoms with Crippen LogP contribution in [-0.2, 0) is 13.1 Å². The molecule has 2 aromatic carbocycles. The maximum Gasteiger partial charge on any atom is 0.323 e. The molecule has 0 aromatic heterocycles. The third kappa shape index (κ3) is 4.82. The monoisotopic (exact) mass is 486 g/mol. The number of hydrogen-bond acceptors (Lipinski definition) is 3. The van der Waals surface area contributed by atoms with E-state index in [-0.39, 0.29) is 23.2 Å². The quantitative estimate of drug-likeness (QED) is 0.522. The summed E-state index contributed by atoms with van der Waals surface area (Å²) < 4.78 is 0. The van der Waals surface area contributed by atoms with Crippen LogP contribution in [0.4, 0.5) is 4.79 Å². The number of urea groups is 1. The summed E-state index contributed by atoms with van der Waals surface area (Å²) in [4.78, 5) is 23.6. The first kappa shape index (κ1) is 25.0. The first-order chi connectivity index (χ1) is 17.2. The number of nitrogens with zero attached hydrogens (tertiary/aromatic N) is 3. The van der Waals surface area contributed by atoms with E-state index in [2.05, 4.69) is 97.4 Å². The summed E-state index contributed by atoms with van der Waals surface area (Å²) in [5.74, 6) is 0.976. The molecule has 3 aliphatic rings. The number of carbonyl (C=O) groups is 1. The van der Waals surface area contributed by atoms with Gasteiger partial charge >= 0.3 is 6.03 Å². The van der Waals surface area contributed by atoms with E-state index in [1.165, 1.54) is 30.4 Å². The van der Waals surface area contributed by atoms with Gasteiger partial charge in [0.25, 0.3) is 0 Å². The van der Waals surface area contributed by atoms with Crippen LogP contribution in [0.2, 0.25) is 0 Å². The molecule has 5 heteroatoms. The smallest absolute Gasteiger partial charge is 0.323 e. The van der Waals surface area contributed by atoms with Crippen molar-refractivity contribution in [1.29, 1.82) is 0 Å². The van der Waals surface area contributed by atoms with Gasteiger partial charge in [0.15, 0.2) is 0 Å². The van der Waals surface area contributed by atoms with Gasteiger partial charge in [-0.25, -0.2) is 4.79 Å². The van der Waals surface area contributed by atoms with Crippen LogP contribution in [0.3, 0.4) is 0 Å². The number of aliphatic imine (C=N–C) groups is 1. The highest BCUT2D eigenvalue weighted by atomic mass is 16.2. The molecular weight excluding hydrogens is 444 g/mol. The lowest BCUT2D eigenvalue weighted by Gasteiger charge is -2.58. The highest BCUT2D eigenvalue weighted by molar-refractivity contribution is 6.10. The molecule has 3 fully saturated rings. The third-order valence-corrected chi connectivity index (χ3v) is 8.53. The Balaban J connectivity index is 1.51. The number of benzene rings is 2. The van der Waals surface area contributed by atoms with Crippen LogP contribution in [0, 0.1) is 0 Å². The summed E-state index contributed by atoms with van der Waals surface area (Å²) in [6.45, 7) is 10.8. The van der Waals surface area contributed by atoms with E-state index in [1.54, 1.807) is 0 Å². The van der Waals surface area contributed by atoms with Gasteiger partial charge in [0.05, 0.1) is 6.54 Å². The lowest BCUT2D eigenvalue weighted by molar-refractivity contribution is -0.0563. The highest BCUT2D eigenvalue weighted by Crippen LogP contribution is 2.48. The maximum atomic E-state index is 13.7. The molecule has 1 N–H and O–H groups in total. The van der Waals surface area contributed by atoms with Crippen molar-refractivity contribution in [1.82, 2.24) is 15.1 Å². The molecule has 2 amide bonds. The van der Waals surface area contributed by atoms with Gasteiger partial charge in [0.2, 0.25) is 0 Å². The molecular formula is C31H42N4O. The number of carbonyl (C=O) groups excluding carboxylic acids is 1. The van der Waals surface area contributed by atoms with E-state index in [0.717, 1.165) is 38.1 Å². The standard InChI is InChI=1S/C31H42N4O/c1-29(2)22-31(23-30(3,4)34(29)21-25-16-10-6-11-17-25)27(32-20-24-14-8-5-9-15-24)35(28(36)33-31)26-18-12-7-13-19-26/h5-6,8-11,14-17,26H,7,12-13,18-23H2,1-4H3,(H,33,36). The molecule has 36 heavy (non-hydrogen) atoms. The molecule has 192 valence electrons. The minimum atomic E-state index is -0.455. The number of hydrogen-bond donors (Lipinski definition) is 1. The van der Waals surface area contributed by atoms with Gasteiger partial charge < -0.3 is 5.32 Å². The fourth-order valence-corrected chi connectivity index (χ4v) is 7.29. The number of amidine groups is 1. The summed E-state index contributed by atoms with van der Waals surface area (Å²) in [6, 6.07) is 21.5. The number of likely N-dealkylation sites (tertiary alicyclic amines) is 1. The third-order valence-electron chi connectivity index (χ3n) is 8.53. The second-order valence-electron chi connectivity index (χ2n) is 12.3. The number of piperidine rings is 1. The van der Waals surface area contributed by atoms with Crippen LogP contribution < -0.4 is 5.32 Å². The Hall–Kier alpha value is -2.66. The molecule has 2 saturated heterocycles. The SMILES string of the molecule is CC1(C)CC2(CC(C)(C)N1Cc1ccccc1)NC(=O)N(C1CCCCC1)C2=NCc1ccccc1. The topological polar surface area (TPSA) is 47.9 Å². The number of nitrogens with one attached hydrogen (secondary N) is 1. The summed E-state index contributed by atoms with van der Waals surface area (Å²) in [6.07, 6.45) is 7.48. The van der Waals surface area contributed by atoms with Gasteiger partial charge in [-0.1, -0.05) is 79.9 Å². The normalized spacial score (nSPS) is 24.8. The van der Waals surface area contributed by atoms with Gasteiger partial charge in [-0.05, 0) is 64.5 Å².